The molecule has 1 saturated carbocycles. The minimum absolute atomic E-state index is 0.347. The summed E-state index contributed by atoms with van der Waals surface area (Å²) in [6.07, 6.45) is 10.8. The topological polar surface area (TPSA) is 52.6 Å². The SMILES string of the molecule is O=C(O)c1ccc(CNCC2(N3CCCCC3)CCCCC2)cc1. The minimum atomic E-state index is -0.860. The maximum atomic E-state index is 10.9. The number of benzene rings is 1. The molecule has 0 aromatic heterocycles. The number of carbonyl (C=O) groups is 1. The van der Waals surface area contributed by atoms with Gasteiger partial charge in [0.15, 0.2) is 0 Å². The summed E-state index contributed by atoms with van der Waals surface area (Å²) in [6.45, 7) is 4.38. The van der Waals surface area contributed by atoms with Gasteiger partial charge in [-0.25, -0.2) is 4.79 Å². The van der Waals surface area contributed by atoms with Crippen molar-refractivity contribution in [2.45, 2.75) is 63.5 Å². The molecule has 2 aliphatic rings. The van der Waals surface area contributed by atoms with Crippen LogP contribution in [0.3, 0.4) is 0 Å². The van der Waals surface area contributed by atoms with Crippen molar-refractivity contribution in [3.05, 3.63) is 35.4 Å². The van der Waals surface area contributed by atoms with E-state index in [4.69, 9.17) is 5.11 Å². The summed E-state index contributed by atoms with van der Waals surface area (Å²) < 4.78 is 0. The number of hydrogen-bond donors (Lipinski definition) is 2. The zero-order valence-corrected chi connectivity index (χ0v) is 14.6. The molecule has 4 heteroatoms. The van der Waals surface area contributed by atoms with Gasteiger partial charge in [-0.2, -0.15) is 0 Å². The fourth-order valence-corrected chi connectivity index (χ4v) is 4.39. The molecule has 0 bridgehead atoms. The van der Waals surface area contributed by atoms with Gasteiger partial charge in [-0.15, -0.1) is 0 Å². The number of hydrogen-bond acceptors (Lipinski definition) is 3. The van der Waals surface area contributed by atoms with Crippen LogP contribution in [0.5, 0.6) is 0 Å². The van der Waals surface area contributed by atoms with Crippen LogP contribution in [0.4, 0.5) is 0 Å². The third-order valence-electron chi connectivity index (χ3n) is 5.80. The van der Waals surface area contributed by atoms with Gasteiger partial charge < -0.3 is 10.4 Å². The Bertz CT molecular complexity index is 529. The highest BCUT2D eigenvalue weighted by atomic mass is 16.4. The predicted octanol–water partition coefficient (Wildman–Crippen LogP) is 3.66. The van der Waals surface area contributed by atoms with Gasteiger partial charge in [-0.3, -0.25) is 4.90 Å². The van der Waals surface area contributed by atoms with Crippen molar-refractivity contribution >= 4 is 5.97 Å². The van der Waals surface area contributed by atoms with Gasteiger partial charge in [0, 0.05) is 18.6 Å². The Labute approximate surface area is 145 Å². The average Bonchev–Trinajstić information content (AvgIpc) is 2.64. The Kier molecular flexibility index (Phi) is 5.90. The Morgan fingerprint density at radius 2 is 1.62 bits per heavy atom. The lowest BCUT2D eigenvalue weighted by molar-refractivity contribution is 0.0333. The first-order chi connectivity index (χ1) is 11.7. The number of rotatable bonds is 6. The molecule has 1 aliphatic heterocycles. The van der Waals surface area contributed by atoms with Crippen LogP contribution in [0.15, 0.2) is 24.3 Å². The fraction of sp³-hybridized carbons (Fsp3) is 0.650. The second-order valence-electron chi connectivity index (χ2n) is 7.44. The number of carboxylic acids is 1. The second kappa shape index (κ2) is 8.13. The quantitative estimate of drug-likeness (QED) is 0.836. The minimum Gasteiger partial charge on any atom is -0.478 e. The zero-order chi connectivity index (χ0) is 16.8. The summed E-state index contributed by atoms with van der Waals surface area (Å²) in [4.78, 5) is 13.7. The van der Waals surface area contributed by atoms with Gasteiger partial charge in [-0.1, -0.05) is 37.8 Å². The molecule has 0 unspecified atom stereocenters. The normalized spacial score (nSPS) is 21.5. The molecule has 3 rings (SSSR count). The van der Waals surface area contributed by atoms with Crippen LogP contribution < -0.4 is 5.32 Å². The lowest BCUT2D eigenvalue weighted by Crippen LogP contribution is -2.57. The summed E-state index contributed by atoms with van der Waals surface area (Å²) >= 11 is 0. The third kappa shape index (κ3) is 4.17. The van der Waals surface area contributed by atoms with E-state index >= 15 is 0 Å². The van der Waals surface area contributed by atoms with E-state index in [1.165, 1.54) is 64.5 Å². The summed E-state index contributed by atoms with van der Waals surface area (Å²) in [6, 6.07) is 7.23. The fourth-order valence-electron chi connectivity index (χ4n) is 4.39. The van der Waals surface area contributed by atoms with Crippen LogP contribution in [-0.4, -0.2) is 41.1 Å². The Hall–Kier alpha value is -1.39. The van der Waals surface area contributed by atoms with E-state index < -0.39 is 5.97 Å². The highest BCUT2D eigenvalue weighted by molar-refractivity contribution is 5.87. The molecule has 1 heterocycles. The average molecular weight is 330 g/mol. The van der Waals surface area contributed by atoms with Crippen LogP contribution in [-0.2, 0) is 6.54 Å². The van der Waals surface area contributed by atoms with E-state index in [0.29, 0.717) is 11.1 Å². The van der Waals surface area contributed by atoms with E-state index in [9.17, 15) is 4.79 Å². The molecule has 2 fully saturated rings. The Morgan fingerprint density at radius 1 is 1.00 bits per heavy atom. The maximum Gasteiger partial charge on any atom is 0.335 e. The standard InChI is InChI=1S/C20H30N2O2/c23-19(24)18-9-7-17(8-10-18)15-21-16-20(11-3-1-4-12-20)22-13-5-2-6-14-22/h7-10,21H,1-6,11-16H2,(H,23,24). The van der Waals surface area contributed by atoms with Gasteiger partial charge in [0.25, 0.3) is 0 Å². The van der Waals surface area contributed by atoms with Crippen molar-refractivity contribution in [2.24, 2.45) is 0 Å². The summed E-state index contributed by atoms with van der Waals surface area (Å²) in [5, 5.41) is 12.6. The number of piperidine rings is 1. The molecule has 1 aromatic carbocycles. The lowest BCUT2D eigenvalue weighted by Gasteiger charge is -2.48. The van der Waals surface area contributed by atoms with Gasteiger partial charge in [0.05, 0.1) is 5.56 Å². The van der Waals surface area contributed by atoms with E-state index in [2.05, 4.69) is 10.2 Å². The molecule has 1 aliphatic carbocycles. The predicted molar refractivity (Wildman–Crippen MR) is 96.3 cm³/mol. The summed E-state index contributed by atoms with van der Waals surface area (Å²) in [5.41, 5.74) is 1.86. The molecular weight excluding hydrogens is 300 g/mol. The Morgan fingerprint density at radius 3 is 2.25 bits per heavy atom. The molecule has 132 valence electrons. The number of nitrogens with zero attached hydrogens (tertiary/aromatic N) is 1. The van der Waals surface area contributed by atoms with Crippen LogP contribution in [0.2, 0.25) is 0 Å². The summed E-state index contributed by atoms with van der Waals surface area (Å²) in [5.74, 6) is -0.860. The van der Waals surface area contributed by atoms with Gasteiger partial charge >= 0.3 is 5.97 Å². The third-order valence-corrected chi connectivity index (χ3v) is 5.80. The number of nitrogens with one attached hydrogen (secondary N) is 1. The molecule has 0 atom stereocenters. The highest BCUT2D eigenvalue weighted by Gasteiger charge is 2.37. The second-order valence-corrected chi connectivity index (χ2v) is 7.44. The number of carboxylic acid groups (broad SMARTS) is 1. The maximum absolute atomic E-state index is 10.9. The first-order valence-corrected chi connectivity index (χ1v) is 9.48. The first-order valence-electron chi connectivity index (χ1n) is 9.48. The van der Waals surface area contributed by atoms with Crippen LogP contribution in [0, 0.1) is 0 Å². The molecular formula is C20H30N2O2. The summed E-state index contributed by atoms with van der Waals surface area (Å²) in [7, 11) is 0. The molecule has 1 aromatic rings. The van der Waals surface area contributed by atoms with Crippen molar-refractivity contribution in [1.29, 1.82) is 0 Å². The molecule has 24 heavy (non-hydrogen) atoms. The molecule has 1 saturated heterocycles. The first kappa shape index (κ1) is 17.4. The van der Waals surface area contributed by atoms with Gasteiger partial charge in [0.2, 0.25) is 0 Å². The number of aromatic carboxylic acids is 1. The molecule has 0 spiro atoms. The van der Waals surface area contributed by atoms with Crippen molar-refractivity contribution in [3.63, 3.8) is 0 Å². The highest BCUT2D eigenvalue weighted by Crippen LogP contribution is 2.35. The monoisotopic (exact) mass is 330 g/mol. The van der Waals surface area contributed by atoms with E-state index in [1.807, 2.05) is 12.1 Å². The van der Waals surface area contributed by atoms with E-state index in [-0.39, 0.29) is 0 Å². The largest absolute Gasteiger partial charge is 0.478 e. The zero-order valence-electron chi connectivity index (χ0n) is 14.6. The van der Waals surface area contributed by atoms with Crippen LogP contribution >= 0.6 is 0 Å². The molecule has 2 N–H and O–H groups in total. The van der Waals surface area contributed by atoms with Gasteiger partial charge in [0.1, 0.15) is 0 Å². The van der Waals surface area contributed by atoms with Gasteiger partial charge in [-0.05, 0) is 56.5 Å². The lowest BCUT2D eigenvalue weighted by atomic mass is 9.79. The molecule has 4 nitrogen and oxygen atoms in total. The molecule has 0 amide bonds. The van der Waals surface area contributed by atoms with Crippen molar-refractivity contribution in [1.82, 2.24) is 10.2 Å². The smallest absolute Gasteiger partial charge is 0.335 e. The Balaban J connectivity index is 1.58. The van der Waals surface area contributed by atoms with Crippen molar-refractivity contribution < 1.29 is 9.90 Å². The van der Waals surface area contributed by atoms with E-state index in [0.717, 1.165) is 18.7 Å². The van der Waals surface area contributed by atoms with Crippen LogP contribution in [0.25, 0.3) is 0 Å². The van der Waals surface area contributed by atoms with Crippen LogP contribution in [0.1, 0.15) is 67.3 Å². The van der Waals surface area contributed by atoms with Crippen molar-refractivity contribution in [3.8, 4) is 0 Å². The van der Waals surface area contributed by atoms with Crippen molar-refractivity contribution in [2.75, 3.05) is 19.6 Å². The van der Waals surface area contributed by atoms with E-state index in [1.54, 1.807) is 12.1 Å². The number of likely N-dealkylation sites (tertiary alicyclic amines) is 1. The molecule has 0 radical (unpaired) electrons.